The SMILES string of the molecule is C=C(C)N=CSN. The summed E-state index contributed by atoms with van der Waals surface area (Å²) in [6.45, 7) is 5.34. The van der Waals surface area contributed by atoms with Gasteiger partial charge in [0.05, 0.1) is 5.55 Å². The number of hydrogen-bond acceptors (Lipinski definition) is 3. The van der Waals surface area contributed by atoms with Crippen LogP contribution < -0.4 is 5.14 Å². The first-order chi connectivity index (χ1) is 3.27. The number of nitrogens with two attached hydrogens (primary N) is 1. The van der Waals surface area contributed by atoms with Gasteiger partial charge in [-0.25, -0.2) is 0 Å². The number of aliphatic imine (C=N–C) groups is 1. The summed E-state index contributed by atoms with van der Waals surface area (Å²) in [5, 5.41) is 5.00. The van der Waals surface area contributed by atoms with Gasteiger partial charge in [0.15, 0.2) is 0 Å². The smallest absolute Gasteiger partial charge is 0.0750 e. The van der Waals surface area contributed by atoms with E-state index in [4.69, 9.17) is 5.14 Å². The molecule has 0 aromatic rings. The highest BCUT2D eigenvalue weighted by molar-refractivity contribution is 8.10. The van der Waals surface area contributed by atoms with Gasteiger partial charge in [0, 0.05) is 5.70 Å². The van der Waals surface area contributed by atoms with E-state index < -0.39 is 0 Å². The summed E-state index contributed by atoms with van der Waals surface area (Å²) in [5.74, 6) is 0. The number of hydrogen-bond donors (Lipinski definition) is 1. The predicted octanol–water partition coefficient (Wildman–Crippen LogP) is 1.16. The summed E-state index contributed by atoms with van der Waals surface area (Å²) in [5.41, 5.74) is 2.32. The third-order valence-electron chi connectivity index (χ3n) is 0.334. The Labute approximate surface area is 47.6 Å². The fourth-order valence-electron chi connectivity index (χ4n) is 0.120. The molecule has 0 aromatic carbocycles. The van der Waals surface area contributed by atoms with Gasteiger partial charge in [-0.3, -0.25) is 10.1 Å². The van der Waals surface area contributed by atoms with Gasteiger partial charge in [-0.2, -0.15) is 0 Å². The molecule has 0 saturated heterocycles. The molecule has 0 radical (unpaired) electrons. The topological polar surface area (TPSA) is 38.4 Å². The minimum absolute atomic E-state index is 0.776. The quantitative estimate of drug-likeness (QED) is 0.334. The predicted molar refractivity (Wildman–Crippen MR) is 35.1 cm³/mol. The summed E-state index contributed by atoms with van der Waals surface area (Å²) < 4.78 is 0. The highest BCUT2D eigenvalue weighted by Gasteiger charge is 1.68. The van der Waals surface area contributed by atoms with Crippen molar-refractivity contribution in [3.8, 4) is 0 Å². The van der Waals surface area contributed by atoms with Crippen LogP contribution in [0.25, 0.3) is 0 Å². The summed E-state index contributed by atoms with van der Waals surface area (Å²) in [7, 11) is 0. The van der Waals surface area contributed by atoms with E-state index in [2.05, 4.69) is 11.6 Å². The molecule has 40 valence electrons. The maximum Gasteiger partial charge on any atom is 0.0750 e. The molecule has 2 nitrogen and oxygen atoms in total. The van der Waals surface area contributed by atoms with E-state index in [-0.39, 0.29) is 0 Å². The number of nitrogens with zero attached hydrogens (tertiary/aromatic N) is 1. The molecule has 0 unspecified atom stereocenters. The zero-order chi connectivity index (χ0) is 5.70. The zero-order valence-corrected chi connectivity index (χ0v) is 5.03. The van der Waals surface area contributed by atoms with Gasteiger partial charge >= 0.3 is 0 Å². The fraction of sp³-hybridized carbons (Fsp3) is 0.250. The Balaban J connectivity index is 3.26. The normalized spacial score (nSPS) is 10.0. The molecule has 0 aliphatic heterocycles. The van der Waals surface area contributed by atoms with Crippen molar-refractivity contribution in [2.24, 2.45) is 10.1 Å². The fourth-order valence-corrected chi connectivity index (χ4v) is 0.361. The van der Waals surface area contributed by atoms with E-state index in [9.17, 15) is 0 Å². The van der Waals surface area contributed by atoms with Crippen LogP contribution in [0.15, 0.2) is 17.3 Å². The van der Waals surface area contributed by atoms with Crippen molar-refractivity contribution in [3.63, 3.8) is 0 Å². The molecular weight excluding hydrogens is 108 g/mol. The average molecular weight is 116 g/mol. The van der Waals surface area contributed by atoms with Crippen LogP contribution in [-0.2, 0) is 0 Å². The Bertz CT molecular complexity index is 87.7. The van der Waals surface area contributed by atoms with Crippen molar-refractivity contribution in [3.05, 3.63) is 12.3 Å². The summed E-state index contributed by atoms with van der Waals surface area (Å²) in [4.78, 5) is 3.76. The third kappa shape index (κ3) is 5.72. The Kier molecular flexibility index (Phi) is 3.74. The van der Waals surface area contributed by atoms with Crippen LogP contribution in [0.5, 0.6) is 0 Å². The number of rotatable bonds is 2. The molecule has 0 fully saturated rings. The van der Waals surface area contributed by atoms with E-state index in [0.29, 0.717) is 0 Å². The summed E-state index contributed by atoms with van der Waals surface area (Å²) in [6, 6.07) is 0. The van der Waals surface area contributed by atoms with Crippen LogP contribution in [0.4, 0.5) is 0 Å². The second kappa shape index (κ2) is 3.89. The molecule has 0 saturated carbocycles. The maximum atomic E-state index is 5.00. The number of allylic oxidation sites excluding steroid dienone is 1. The largest absolute Gasteiger partial charge is 0.273 e. The molecule has 0 aliphatic carbocycles. The lowest BCUT2D eigenvalue weighted by atomic mass is 10.6. The summed E-state index contributed by atoms with van der Waals surface area (Å²) in [6.07, 6.45) is 0. The van der Waals surface area contributed by atoms with Crippen molar-refractivity contribution < 1.29 is 0 Å². The van der Waals surface area contributed by atoms with Gasteiger partial charge < -0.3 is 0 Å². The van der Waals surface area contributed by atoms with Gasteiger partial charge in [0.25, 0.3) is 0 Å². The molecule has 3 heteroatoms. The van der Waals surface area contributed by atoms with E-state index in [0.717, 1.165) is 17.6 Å². The standard InChI is InChI=1S/C4H8N2S/c1-4(2)6-3-7-5/h3H,1,5H2,2H3. The van der Waals surface area contributed by atoms with Gasteiger partial charge in [0.1, 0.15) is 0 Å². The minimum atomic E-state index is 0.776. The first-order valence-corrected chi connectivity index (χ1v) is 2.75. The molecule has 0 bridgehead atoms. The molecule has 0 spiro atoms. The first kappa shape index (κ1) is 6.72. The van der Waals surface area contributed by atoms with E-state index in [1.165, 1.54) is 0 Å². The van der Waals surface area contributed by atoms with Crippen LogP contribution >= 0.6 is 11.9 Å². The van der Waals surface area contributed by atoms with Crippen LogP contribution in [0.1, 0.15) is 6.92 Å². The van der Waals surface area contributed by atoms with Crippen LogP contribution in [0.3, 0.4) is 0 Å². The van der Waals surface area contributed by atoms with Gasteiger partial charge in [-0.05, 0) is 18.9 Å². The average Bonchev–Trinajstić information content (AvgIpc) is 1.61. The van der Waals surface area contributed by atoms with Gasteiger partial charge in [-0.15, -0.1) is 0 Å². The minimum Gasteiger partial charge on any atom is -0.273 e. The molecule has 2 N–H and O–H groups in total. The van der Waals surface area contributed by atoms with Crippen molar-refractivity contribution in [2.75, 3.05) is 0 Å². The zero-order valence-electron chi connectivity index (χ0n) is 4.22. The monoisotopic (exact) mass is 116 g/mol. The molecule has 0 aliphatic rings. The van der Waals surface area contributed by atoms with Crippen LogP contribution in [0, 0.1) is 0 Å². The van der Waals surface area contributed by atoms with Crippen molar-refractivity contribution in [1.29, 1.82) is 0 Å². The summed E-state index contributed by atoms with van der Waals surface area (Å²) >= 11 is 1.08. The van der Waals surface area contributed by atoms with E-state index >= 15 is 0 Å². The second-order valence-electron chi connectivity index (χ2n) is 1.11. The lowest BCUT2D eigenvalue weighted by Gasteiger charge is -1.80. The maximum absolute atomic E-state index is 5.00. The van der Waals surface area contributed by atoms with Gasteiger partial charge in [-0.1, -0.05) is 6.58 Å². The molecule has 7 heavy (non-hydrogen) atoms. The Morgan fingerprint density at radius 3 is 2.71 bits per heavy atom. The molecule has 0 amide bonds. The molecule has 0 heterocycles. The highest BCUT2D eigenvalue weighted by Crippen LogP contribution is 1.87. The van der Waals surface area contributed by atoms with Crippen molar-refractivity contribution in [1.82, 2.24) is 0 Å². The Morgan fingerprint density at radius 2 is 2.57 bits per heavy atom. The van der Waals surface area contributed by atoms with Crippen LogP contribution in [0.2, 0.25) is 0 Å². The van der Waals surface area contributed by atoms with Crippen molar-refractivity contribution in [2.45, 2.75) is 6.92 Å². The van der Waals surface area contributed by atoms with E-state index in [1.807, 2.05) is 6.92 Å². The lowest BCUT2D eigenvalue weighted by Crippen LogP contribution is -1.75. The third-order valence-corrected chi connectivity index (χ3v) is 0.561. The molecule has 0 aromatic heterocycles. The molecular formula is C4H8N2S. The first-order valence-electron chi connectivity index (χ1n) is 1.81. The molecule has 0 rings (SSSR count). The van der Waals surface area contributed by atoms with Crippen molar-refractivity contribution >= 4 is 17.5 Å². The second-order valence-corrected chi connectivity index (χ2v) is 1.59. The Hall–Kier alpha value is -0.280. The Morgan fingerprint density at radius 1 is 2.00 bits per heavy atom. The lowest BCUT2D eigenvalue weighted by molar-refractivity contribution is 1.35. The van der Waals surface area contributed by atoms with Gasteiger partial charge in [0.2, 0.25) is 0 Å². The van der Waals surface area contributed by atoms with Crippen LogP contribution in [-0.4, -0.2) is 5.55 Å². The van der Waals surface area contributed by atoms with E-state index in [1.54, 1.807) is 5.55 Å². The highest BCUT2D eigenvalue weighted by atomic mass is 32.2. The molecule has 0 atom stereocenters.